The molecule has 84 valence electrons. The molecule has 3 N–H and O–H groups in total. The molecule has 0 radical (unpaired) electrons. The van der Waals surface area contributed by atoms with E-state index >= 15 is 0 Å². The molecule has 3 heteroatoms. The van der Waals surface area contributed by atoms with Crippen molar-refractivity contribution in [1.29, 1.82) is 0 Å². The van der Waals surface area contributed by atoms with Crippen LogP contribution in [-0.4, -0.2) is 12.5 Å². The topological polar surface area (TPSA) is 55.1 Å². The number of nitrogens with one attached hydrogen (secondary N) is 1. The number of benzene rings is 1. The number of amides is 1. The second-order valence-corrected chi connectivity index (χ2v) is 4.19. The summed E-state index contributed by atoms with van der Waals surface area (Å²) in [5, 5.41) is 2.87. The molecule has 0 unspecified atom stereocenters. The van der Waals surface area contributed by atoms with Gasteiger partial charge in [-0.1, -0.05) is 12.1 Å². The van der Waals surface area contributed by atoms with E-state index in [1.54, 1.807) is 12.2 Å². The minimum atomic E-state index is -0.0330. The minimum Gasteiger partial charge on any atom is -0.399 e. The van der Waals surface area contributed by atoms with Gasteiger partial charge >= 0.3 is 0 Å². The average molecular weight is 216 g/mol. The number of nitrogen functional groups attached to an aromatic ring is 1. The molecular weight excluding hydrogens is 200 g/mol. The van der Waals surface area contributed by atoms with Crippen LogP contribution >= 0.6 is 0 Å². The molecular formula is C13H16N2O. The predicted molar refractivity (Wildman–Crippen MR) is 65.6 cm³/mol. The Bertz CT molecular complexity index is 408. The maximum Gasteiger partial charge on any atom is 0.244 e. The molecule has 0 spiro atoms. The van der Waals surface area contributed by atoms with Crippen LogP contribution in [0.4, 0.5) is 5.69 Å². The number of carbonyl (C=O) groups excluding carboxylic acids is 1. The second-order valence-electron chi connectivity index (χ2n) is 4.19. The zero-order valence-corrected chi connectivity index (χ0v) is 9.15. The zero-order valence-electron chi connectivity index (χ0n) is 9.15. The van der Waals surface area contributed by atoms with Gasteiger partial charge in [0.2, 0.25) is 5.91 Å². The minimum absolute atomic E-state index is 0.0330. The van der Waals surface area contributed by atoms with Crippen LogP contribution in [0.1, 0.15) is 18.4 Å². The summed E-state index contributed by atoms with van der Waals surface area (Å²) in [4.78, 5) is 11.4. The second kappa shape index (κ2) is 4.84. The van der Waals surface area contributed by atoms with Crippen molar-refractivity contribution in [3.05, 3.63) is 35.9 Å². The van der Waals surface area contributed by atoms with E-state index < -0.39 is 0 Å². The molecule has 0 atom stereocenters. The molecule has 0 heterocycles. The van der Waals surface area contributed by atoms with Gasteiger partial charge in [0.05, 0.1) is 0 Å². The lowest BCUT2D eigenvalue weighted by Gasteiger charge is -1.99. The lowest BCUT2D eigenvalue weighted by molar-refractivity contribution is -0.116. The van der Waals surface area contributed by atoms with Crippen molar-refractivity contribution in [2.45, 2.75) is 12.8 Å². The molecule has 1 aliphatic carbocycles. The molecule has 1 aliphatic rings. The fourth-order valence-corrected chi connectivity index (χ4v) is 1.46. The van der Waals surface area contributed by atoms with Gasteiger partial charge in [0, 0.05) is 18.3 Å². The van der Waals surface area contributed by atoms with E-state index in [0.29, 0.717) is 11.6 Å². The van der Waals surface area contributed by atoms with E-state index in [4.69, 9.17) is 5.73 Å². The Morgan fingerprint density at radius 2 is 2.31 bits per heavy atom. The molecule has 0 aliphatic heterocycles. The van der Waals surface area contributed by atoms with Crippen LogP contribution in [0.3, 0.4) is 0 Å². The Morgan fingerprint density at radius 1 is 1.50 bits per heavy atom. The third-order valence-electron chi connectivity index (χ3n) is 2.60. The quantitative estimate of drug-likeness (QED) is 0.595. The van der Waals surface area contributed by atoms with Crippen LogP contribution in [0.25, 0.3) is 6.08 Å². The van der Waals surface area contributed by atoms with Crippen molar-refractivity contribution >= 4 is 17.7 Å². The van der Waals surface area contributed by atoms with E-state index in [9.17, 15) is 4.79 Å². The first-order valence-corrected chi connectivity index (χ1v) is 5.55. The monoisotopic (exact) mass is 216 g/mol. The Labute approximate surface area is 95.3 Å². The van der Waals surface area contributed by atoms with Gasteiger partial charge in [-0.25, -0.2) is 0 Å². The SMILES string of the molecule is Nc1cccc(/C=C/C(=O)NCC2CC2)c1. The molecule has 0 aromatic heterocycles. The van der Waals surface area contributed by atoms with Crippen LogP contribution in [0.2, 0.25) is 0 Å². The van der Waals surface area contributed by atoms with Crippen molar-refractivity contribution < 1.29 is 4.79 Å². The molecule has 0 bridgehead atoms. The molecule has 1 aromatic carbocycles. The van der Waals surface area contributed by atoms with Gasteiger partial charge in [0.1, 0.15) is 0 Å². The van der Waals surface area contributed by atoms with E-state index in [2.05, 4.69) is 5.32 Å². The van der Waals surface area contributed by atoms with Crippen LogP contribution in [0, 0.1) is 5.92 Å². The van der Waals surface area contributed by atoms with Gasteiger partial charge in [-0.15, -0.1) is 0 Å². The summed E-state index contributed by atoms with van der Waals surface area (Å²) < 4.78 is 0. The van der Waals surface area contributed by atoms with Crippen molar-refractivity contribution in [1.82, 2.24) is 5.32 Å². The molecule has 1 aromatic rings. The highest BCUT2D eigenvalue weighted by molar-refractivity contribution is 5.91. The Balaban J connectivity index is 1.84. The summed E-state index contributed by atoms with van der Waals surface area (Å²) in [6, 6.07) is 7.45. The standard InChI is InChI=1S/C13H16N2O/c14-12-3-1-2-10(8-12)6-7-13(16)15-9-11-4-5-11/h1-3,6-8,11H,4-5,9,14H2,(H,15,16)/b7-6+. The van der Waals surface area contributed by atoms with Crippen LogP contribution in [-0.2, 0) is 4.79 Å². The average Bonchev–Trinajstić information content (AvgIpc) is 3.07. The summed E-state index contributed by atoms with van der Waals surface area (Å²) in [5.74, 6) is 0.680. The first-order valence-electron chi connectivity index (χ1n) is 5.55. The van der Waals surface area contributed by atoms with Crippen molar-refractivity contribution in [2.24, 2.45) is 5.92 Å². The van der Waals surface area contributed by atoms with Gasteiger partial charge in [0.15, 0.2) is 0 Å². The fraction of sp³-hybridized carbons (Fsp3) is 0.308. The lowest BCUT2D eigenvalue weighted by Crippen LogP contribution is -2.23. The summed E-state index contributed by atoms with van der Waals surface area (Å²) in [7, 11) is 0. The highest BCUT2D eigenvalue weighted by Crippen LogP contribution is 2.27. The normalized spacial score (nSPS) is 15.2. The highest BCUT2D eigenvalue weighted by Gasteiger charge is 2.20. The van der Waals surface area contributed by atoms with E-state index in [-0.39, 0.29) is 5.91 Å². The number of nitrogens with two attached hydrogens (primary N) is 1. The Morgan fingerprint density at radius 3 is 3.00 bits per heavy atom. The van der Waals surface area contributed by atoms with Gasteiger partial charge in [-0.2, -0.15) is 0 Å². The van der Waals surface area contributed by atoms with Gasteiger partial charge in [0.25, 0.3) is 0 Å². The van der Waals surface area contributed by atoms with Crippen molar-refractivity contribution in [3.63, 3.8) is 0 Å². The Kier molecular flexibility index (Phi) is 3.25. The van der Waals surface area contributed by atoms with E-state index in [1.165, 1.54) is 12.8 Å². The maximum absolute atomic E-state index is 11.4. The van der Waals surface area contributed by atoms with Crippen LogP contribution < -0.4 is 11.1 Å². The largest absolute Gasteiger partial charge is 0.399 e. The Hall–Kier alpha value is -1.77. The van der Waals surface area contributed by atoms with Gasteiger partial charge < -0.3 is 11.1 Å². The van der Waals surface area contributed by atoms with E-state index in [1.807, 2.05) is 24.3 Å². The maximum atomic E-state index is 11.4. The van der Waals surface area contributed by atoms with Crippen LogP contribution in [0.5, 0.6) is 0 Å². The van der Waals surface area contributed by atoms with Gasteiger partial charge in [-0.3, -0.25) is 4.79 Å². The highest BCUT2D eigenvalue weighted by atomic mass is 16.1. The third-order valence-corrected chi connectivity index (χ3v) is 2.60. The third kappa shape index (κ3) is 3.42. The molecule has 16 heavy (non-hydrogen) atoms. The van der Waals surface area contributed by atoms with Crippen LogP contribution in [0.15, 0.2) is 30.3 Å². The molecule has 1 amide bonds. The number of carbonyl (C=O) groups is 1. The first kappa shape index (κ1) is 10.7. The van der Waals surface area contributed by atoms with Crippen molar-refractivity contribution in [2.75, 3.05) is 12.3 Å². The fourth-order valence-electron chi connectivity index (χ4n) is 1.46. The summed E-state index contributed by atoms with van der Waals surface area (Å²) >= 11 is 0. The smallest absolute Gasteiger partial charge is 0.244 e. The summed E-state index contributed by atoms with van der Waals surface area (Å²) in [6.07, 6.45) is 5.83. The number of rotatable bonds is 4. The summed E-state index contributed by atoms with van der Waals surface area (Å²) in [6.45, 7) is 0.806. The number of hydrogen-bond donors (Lipinski definition) is 2. The van der Waals surface area contributed by atoms with Gasteiger partial charge in [-0.05, 0) is 42.5 Å². The summed E-state index contributed by atoms with van der Waals surface area (Å²) in [5.41, 5.74) is 7.29. The molecule has 2 rings (SSSR count). The molecule has 3 nitrogen and oxygen atoms in total. The molecule has 1 fully saturated rings. The van der Waals surface area contributed by atoms with Crippen molar-refractivity contribution in [3.8, 4) is 0 Å². The first-order chi connectivity index (χ1) is 7.74. The predicted octanol–water partition coefficient (Wildman–Crippen LogP) is 1.81. The molecule has 0 saturated heterocycles. The van der Waals surface area contributed by atoms with E-state index in [0.717, 1.165) is 12.1 Å². The zero-order chi connectivity index (χ0) is 11.4. The lowest BCUT2D eigenvalue weighted by atomic mass is 10.2. The molecule has 1 saturated carbocycles. The number of hydrogen-bond acceptors (Lipinski definition) is 2. The number of anilines is 1.